The van der Waals surface area contributed by atoms with Gasteiger partial charge in [0.05, 0.1) is 18.2 Å². The van der Waals surface area contributed by atoms with Crippen molar-refractivity contribution in [2.45, 2.75) is 25.2 Å². The number of halogens is 4. The lowest BCUT2D eigenvalue weighted by Gasteiger charge is -2.39. The summed E-state index contributed by atoms with van der Waals surface area (Å²) < 4.78 is 51.3. The average molecular weight is 293 g/mol. The molecule has 1 aliphatic rings. The zero-order valence-electron chi connectivity index (χ0n) is 10.8. The summed E-state index contributed by atoms with van der Waals surface area (Å²) in [7, 11) is 0. The number of aliphatic hydroxyl groups excluding tert-OH is 1. The van der Waals surface area contributed by atoms with Crippen LogP contribution in [-0.2, 0) is 6.18 Å². The zero-order valence-corrected chi connectivity index (χ0v) is 10.8. The first-order valence-corrected chi connectivity index (χ1v) is 6.16. The van der Waals surface area contributed by atoms with E-state index in [0.29, 0.717) is 25.4 Å². The van der Waals surface area contributed by atoms with Gasteiger partial charge in [-0.15, -0.1) is 0 Å². The van der Waals surface area contributed by atoms with Gasteiger partial charge in [0.25, 0.3) is 0 Å². The lowest BCUT2D eigenvalue weighted by molar-refractivity contribution is -0.138. The Morgan fingerprint density at radius 1 is 1.50 bits per heavy atom. The minimum absolute atomic E-state index is 0.0290. The molecule has 4 nitrogen and oxygen atoms in total. The monoisotopic (exact) mass is 293 g/mol. The maximum absolute atomic E-state index is 13.9. The highest BCUT2D eigenvalue weighted by atomic mass is 19.4. The third-order valence-corrected chi connectivity index (χ3v) is 3.25. The molecule has 0 spiro atoms. The van der Waals surface area contributed by atoms with E-state index in [2.05, 4.69) is 10.3 Å². The van der Waals surface area contributed by atoms with E-state index in [4.69, 9.17) is 0 Å². The Morgan fingerprint density at radius 2 is 2.20 bits per heavy atom. The molecular weight excluding hydrogens is 278 g/mol. The number of alkyl halides is 3. The number of pyridine rings is 1. The molecule has 2 N–H and O–H groups in total. The SMILES string of the molecule is C[C@@H]1CN(c2ncc(C(F)(F)F)cc2F)[C@@H](CO)CN1. The Bertz CT molecular complexity index is 480. The predicted molar refractivity (Wildman–Crippen MR) is 64.9 cm³/mol. The van der Waals surface area contributed by atoms with Gasteiger partial charge in [0.2, 0.25) is 0 Å². The lowest BCUT2D eigenvalue weighted by atomic mass is 10.1. The standard InChI is InChI=1S/C12H15F4N3O/c1-7-5-19(9(6-20)4-17-7)11-10(13)2-8(3-18-11)12(14,15)16/h2-3,7,9,17,20H,4-6H2,1H3/t7-,9-/m1/s1. The van der Waals surface area contributed by atoms with Crippen LogP contribution in [0, 0.1) is 5.82 Å². The number of nitrogens with one attached hydrogen (secondary N) is 1. The van der Waals surface area contributed by atoms with E-state index in [1.807, 2.05) is 6.92 Å². The molecule has 1 aromatic rings. The lowest BCUT2D eigenvalue weighted by Crippen LogP contribution is -2.57. The first-order chi connectivity index (χ1) is 9.32. The van der Waals surface area contributed by atoms with Gasteiger partial charge in [0.15, 0.2) is 11.6 Å². The van der Waals surface area contributed by atoms with Crippen LogP contribution >= 0.6 is 0 Å². The molecule has 1 aliphatic heterocycles. The molecule has 0 unspecified atom stereocenters. The summed E-state index contributed by atoms with van der Waals surface area (Å²) in [6.07, 6.45) is -4.01. The second-order valence-electron chi connectivity index (χ2n) is 4.83. The van der Waals surface area contributed by atoms with Crippen molar-refractivity contribution in [3.05, 3.63) is 23.6 Å². The Hall–Kier alpha value is -1.41. The maximum Gasteiger partial charge on any atom is 0.417 e. The first-order valence-electron chi connectivity index (χ1n) is 6.16. The van der Waals surface area contributed by atoms with Crippen molar-refractivity contribution in [1.82, 2.24) is 10.3 Å². The number of hydrogen-bond donors (Lipinski definition) is 2. The molecule has 8 heteroatoms. The Kier molecular flexibility index (Phi) is 4.14. The highest BCUT2D eigenvalue weighted by Crippen LogP contribution is 2.31. The molecule has 2 atom stereocenters. The van der Waals surface area contributed by atoms with Gasteiger partial charge in [-0.25, -0.2) is 9.37 Å². The van der Waals surface area contributed by atoms with Gasteiger partial charge in [-0.2, -0.15) is 13.2 Å². The van der Waals surface area contributed by atoms with Crippen LogP contribution in [0.1, 0.15) is 12.5 Å². The molecular formula is C12H15F4N3O. The molecule has 112 valence electrons. The second kappa shape index (κ2) is 5.53. The highest BCUT2D eigenvalue weighted by molar-refractivity contribution is 5.44. The number of rotatable bonds is 2. The first kappa shape index (κ1) is 15.0. The Labute approximate surface area is 113 Å². The van der Waals surface area contributed by atoms with Crippen molar-refractivity contribution in [3.63, 3.8) is 0 Å². The zero-order chi connectivity index (χ0) is 14.9. The van der Waals surface area contributed by atoms with Gasteiger partial charge >= 0.3 is 6.18 Å². The number of hydrogen-bond acceptors (Lipinski definition) is 4. The van der Waals surface area contributed by atoms with Crippen LogP contribution in [0.2, 0.25) is 0 Å². The number of piperazine rings is 1. The van der Waals surface area contributed by atoms with E-state index in [1.54, 1.807) is 0 Å². The topological polar surface area (TPSA) is 48.4 Å². The largest absolute Gasteiger partial charge is 0.417 e. The fourth-order valence-electron chi connectivity index (χ4n) is 2.18. The fourth-order valence-corrected chi connectivity index (χ4v) is 2.18. The molecule has 2 rings (SSSR count). The summed E-state index contributed by atoms with van der Waals surface area (Å²) in [6, 6.07) is 0.0509. The molecule has 0 aromatic carbocycles. The van der Waals surface area contributed by atoms with Gasteiger partial charge in [0, 0.05) is 25.3 Å². The van der Waals surface area contributed by atoms with Crippen LogP contribution in [0.3, 0.4) is 0 Å². The van der Waals surface area contributed by atoms with E-state index in [9.17, 15) is 22.7 Å². The molecule has 0 amide bonds. The molecule has 20 heavy (non-hydrogen) atoms. The summed E-state index contributed by atoms with van der Waals surface area (Å²) in [5.74, 6) is -1.20. The van der Waals surface area contributed by atoms with Crippen molar-refractivity contribution in [3.8, 4) is 0 Å². The van der Waals surface area contributed by atoms with Crippen LogP contribution in [0.5, 0.6) is 0 Å². The molecule has 0 saturated carbocycles. The number of aliphatic hydroxyl groups is 1. The smallest absolute Gasteiger partial charge is 0.394 e. The van der Waals surface area contributed by atoms with E-state index in [-0.39, 0.29) is 18.5 Å². The molecule has 2 heterocycles. The predicted octanol–water partition coefficient (Wildman–Crippen LogP) is 1.40. The minimum Gasteiger partial charge on any atom is -0.394 e. The third kappa shape index (κ3) is 3.01. The van der Waals surface area contributed by atoms with E-state index < -0.39 is 23.6 Å². The third-order valence-electron chi connectivity index (χ3n) is 3.25. The van der Waals surface area contributed by atoms with E-state index >= 15 is 0 Å². The van der Waals surface area contributed by atoms with E-state index in [1.165, 1.54) is 4.90 Å². The number of anilines is 1. The van der Waals surface area contributed by atoms with Crippen LogP contribution < -0.4 is 10.2 Å². The number of aromatic nitrogens is 1. The number of nitrogens with zero attached hydrogens (tertiary/aromatic N) is 2. The Morgan fingerprint density at radius 3 is 2.75 bits per heavy atom. The fraction of sp³-hybridized carbons (Fsp3) is 0.583. The minimum atomic E-state index is -4.63. The van der Waals surface area contributed by atoms with Gasteiger partial charge in [0.1, 0.15) is 0 Å². The summed E-state index contributed by atoms with van der Waals surface area (Å²) in [6.45, 7) is 2.41. The highest BCUT2D eigenvalue weighted by Gasteiger charge is 2.34. The summed E-state index contributed by atoms with van der Waals surface area (Å²) in [5.41, 5.74) is -1.12. The second-order valence-corrected chi connectivity index (χ2v) is 4.83. The molecule has 0 bridgehead atoms. The summed E-state index contributed by atoms with van der Waals surface area (Å²) >= 11 is 0. The van der Waals surface area contributed by atoms with Crippen molar-refractivity contribution < 1.29 is 22.7 Å². The van der Waals surface area contributed by atoms with Gasteiger partial charge < -0.3 is 15.3 Å². The normalized spacial score (nSPS) is 24.0. The van der Waals surface area contributed by atoms with Crippen LogP contribution in [-0.4, -0.2) is 41.9 Å². The van der Waals surface area contributed by atoms with Crippen molar-refractivity contribution in [2.24, 2.45) is 0 Å². The molecule has 0 aliphatic carbocycles. The average Bonchev–Trinajstić information content (AvgIpc) is 2.37. The molecule has 1 saturated heterocycles. The van der Waals surface area contributed by atoms with Crippen molar-refractivity contribution in [2.75, 3.05) is 24.6 Å². The van der Waals surface area contributed by atoms with Crippen LogP contribution in [0.15, 0.2) is 12.3 Å². The quantitative estimate of drug-likeness (QED) is 0.809. The van der Waals surface area contributed by atoms with Gasteiger partial charge in [-0.1, -0.05) is 0 Å². The van der Waals surface area contributed by atoms with Crippen molar-refractivity contribution in [1.29, 1.82) is 0 Å². The van der Waals surface area contributed by atoms with E-state index in [0.717, 1.165) is 0 Å². The molecule has 1 fully saturated rings. The van der Waals surface area contributed by atoms with Crippen molar-refractivity contribution >= 4 is 5.82 Å². The summed E-state index contributed by atoms with van der Waals surface area (Å²) in [5, 5.41) is 12.4. The maximum atomic E-state index is 13.9. The van der Waals surface area contributed by atoms with Gasteiger partial charge in [-0.3, -0.25) is 0 Å². The Balaban J connectivity index is 2.31. The van der Waals surface area contributed by atoms with Crippen LogP contribution in [0.4, 0.5) is 23.4 Å². The summed E-state index contributed by atoms with van der Waals surface area (Å²) in [4.78, 5) is 5.09. The van der Waals surface area contributed by atoms with Gasteiger partial charge in [-0.05, 0) is 13.0 Å². The molecule has 1 aromatic heterocycles. The van der Waals surface area contributed by atoms with Crippen LogP contribution in [0.25, 0.3) is 0 Å². The molecule has 0 radical (unpaired) electrons.